The van der Waals surface area contributed by atoms with Crippen molar-refractivity contribution in [2.24, 2.45) is 0 Å². The number of hydrogen-bond donors (Lipinski definition) is 1. The van der Waals surface area contributed by atoms with Crippen molar-refractivity contribution in [3.63, 3.8) is 0 Å². The first-order valence-electron chi connectivity index (χ1n) is 11.4. The third-order valence-electron chi connectivity index (χ3n) is 5.58. The fraction of sp³-hybridized carbons (Fsp3) is 0.308. The van der Waals surface area contributed by atoms with E-state index < -0.39 is 5.91 Å². The first-order valence-corrected chi connectivity index (χ1v) is 11.4. The predicted octanol–water partition coefficient (Wildman–Crippen LogP) is 2.85. The number of hydrogen-bond acceptors (Lipinski definition) is 8. The van der Waals surface area contributed by atoms with Crippen LogP contribution in [0.4, 0.5) is 5.69 Å². The van der Waals surface area contributed by atoms with Crippen LogP contribution in [0.25, 0.3) is 0 Å². The number of methoxy groups -OCH3 is 1. The number of oxazole rings is 1. The second-order valence-corrected chi connectivity index (χ2v) is 8.31. The van der Waals surface area contributed by atoms with Crippen LogP contribution in [-0.4, -0.2) is 56.1 Å². The van der Waals surface area contributed by atoms with Gasteiger partial charge in [0.15, 0.2) is 24.7 Å². The van der Waals surface area contributed by atoms with Gasteiger partial charge in [-0.05, 0) is 43.7 Å². The monoisotopic (exact) mass is 493 g/mol. The fourth-order valence-electron chi connectivity index (χ4n) is 3.72. The predicted molar refractivity (Wildman–Crippen MR) is 130 cm³/mol. The van der Waals surface area contributed by atoms with Crippen LogP contribution < -0.4 is 19.7 Å². The van der Waals surface area contributed by atoms with Gasteiger partial charge in [0, 0.05) is 19.2 Å². The Hall–Kier alpha value is -4.18. The molecule has 4 rings (SSSR count). The lowest BCUT2D eigenvalue weighted by Crippen LogP contribution is -2.38. The van der Waals surface area contributed by atoms with Crippen LogP contribution in [0, 0.1) is 13.8 Å². The summed E-state index contributed by atoms with van der Waals surface area (Å²) in [5, 5.41) is 2.65. The molecule has 0 radical (unpaired) electrons. The van der Waals surface area contributed by atoms with Crippen molar-refractivity contribution in [3.05, 3.63) is 70.9 Å². The minimum Gasteiger partial charge on any atom is -0.485 e. The van der Waals surface area contributed by atoms with Crippen molar-refractivity contribution in [1.82, 2.24) is 10.3 Å². The summed E-state index contributed by atoms with van der Waals surface area (Å²) >= 11 is 0. The molecule has 1 aromatic heterocycles. The maximum absolute atomic E-state index is 12.9. The molecule has 1 N–H and O–H groups in total. The van der Waals surface area contributed by atoms with Crippen LogP contribution in [0.15, 0.2) is 47.1 Å². The average Bonchev–Trinajstić information content (AvgIpc) is 3.34. The van der Waals surface area contributed by atoms with Crippen molar-refractivity contribution in [1.29, 1.82) is 0 Å². The summed E-state index contributed by atoms with van der Waals surface area (Å²) in [4.78, 5) is 43.3. The number of fused-ring (bicyclic) bond motifs is 1. The van der Waals surface area contributed by atoms with Crippen LogP contribution in [0.1, 0.15) is 37.9 Å². The highest BCUT2D eigenvalue weighted by molar-refractivity contribution is 6.02. The number of carbonyl (C=O) groups is 3. The Morgan fingerprint density at radius 2 is 2.00 bits per heavy atom. The zero-order valence-corrected chi connectivity index (χ0v) is 20.3. The van der Waals surface area contributed by atoms with Crippen LogP contribution in [-0.2, 0) is 16.1 Å². The quantitative estimate of drug-likeness (QED) is 0.338. The lowest BCUT2D eigenvalue weighted by Gasteiger charge is -2.28. The highest BCUT2D eigenvalue weighted by Gasteiger charge is 2.28. The van der Waals surface area contributed by atoms with E-state index >= 15 is 0 Å². The molecule has 2 amide bonds. The van der Waals surface area contributed by atoms with Gasteiger partial charge in [-0.15, -0.1) is 0 Å². The molecule has 2 heterocycles. The standard InChI is InChI=1S/C26H27N3O7/c1-16-4-6-22(17(2)10-16)34-14-21(30)18-5-7-23-20(11-18)29(25(31)15-35-23)12-24-28-19(13-36-24)26(32)27-8-9-33-3/h4-7,10-11,13H,8-9,12,14-15H2,1-3H3,(H,27,32). The van der Waals surface area contributed by atoms with Gasteiger partial charge < -0.3 is 23.9 Å². The highest BCUT2D eigenvalue weighted by Crippen LogP contribution is 2.34. The number of Topliss-reactive ketones (excluding diaryl/α,β-unsaturated/α-hetero) is 1. The van der Waals surface area contributed by atoms with Gasteiger partial charge in [-0.3, -0.25) is 19.3 Å². The number of ketones is 1. The van der Waals surface area contributed by atoms with Gasteiger partial charge in [-0.1, -0.05) is 17.7 Å². The van der Waals surface area contributed by atoms with E-state index in [2.05, 4.69) is 10.3 Å². The summed E-state index contributed by atoms with van der Waals surface area (Å²) < 4.78 is 21.6. The Morgan fingerprint density at radius 3 is 2.78 bits per heavy atom. The van der Waals surface area contributed by atoms with E-state index in [1.54, 1.807) is 18.2 Å². The smallest absolute Gasteiger partial charge is 0.273 e. The van der Waals surface area contributed by atoms with Gasteiger partial charge in [-0.25, -0.2) is 4.98 Å². The Balaban J connectivity index is 1.47. The van der Waals surface area contributed by atoms with Crippen LogP contribution >= 0.6 is 0 Å². The molecule has 1 aliphatic rings. The molecule has 0 spiro atoms. The number of ether oxygens (including phenoxy) is 3. The number of rotatable bonds is 10. The lowest BCUT2D eigenvalue weighted by atomic mass is 10.1. The molecule has 36 heavy (non-hydrogen) atoms. The fourth-order valence-corrected chi connectivity index (χ4v) is 3.72. The Bertz CT molecular complexity index is 1280. The molecule has 0 bridgehead atoms. The van der Waals surface area contributed by atoms with Gasteiger partial charge in [0.25, 0.3) is 11.8 Å². The summed E-state index contributed by atoms with van der Waals surface area (Å²) in [5.74, 6) is 0.267. The number of nitrogens with zero attached hydrogens (tertiary/aromatic N) is 2. The third kappa shape index (κ3) is 5.72. The maximum atomic E-state index is 12.9. The molecule has 0 unspecified atom stereocenters. The van der Waals surface area contributed by atoms with Crippen molar-refractivity contribution >= 4 is 23.3 Å². The molecule has 2 aromatic carbocycles. The molecule has 3 aromatic rings. The molecule has 1 aliphatic heterocycles. The van der Waals surface area contributed by atoms with Gasteiger partial charge in [0.1, 0.15) is 24.3 Å². The maximum Gasteiger partial charge on any atom is 0.273 e. The second kappa shape index (κ2) is 11.0. The normalized spacial score (nSPS) is 12.6. The average molecular weight is 494 g/mol. The van der Waals surface area contributed by atoms with Crippen molar-refractivity contribution < 1.29 is 33.0 Å². The number of nitrogens with one attached hydrogen (secondary N) is 1. The number of aryl methyl sites for hydroxylation is 2. The minimum absolute atomic E-state index is 0.0305. The molecule has 0 atom stereocenters. The number of carbonyl (C=O) groups excluding carboxylic acids is 3. The Labute approximate surface area is 208 Å². The zero-order valence-electron chi connectivity index (χ0n) is 20.3. The third-order valence-corrected chi connectivity index (χ3v) is 5.58. The number of amides is 2. The van der Waals surface area contributed by atoms with E-state index in [1.807, 2.05) is 32.0 Å². The van der Waals surface area contributed by atoms with Gasteiger partial charge in [0.2, 0.25) is 5.89 Å². The van der Waals surface area contributed by atoms with E-state index in [0.29, 0.717) is 35.9 Å². The summed E-state index contributed by atoms with van der Waals surface area (Å²) in [6, 6.07) is 10.6. The summed E-state index contributed by atoms with van der Waals surface area (Å²) in [7, 11) is 1.54. The van der Waals surface area contributed by atoms with E-state index in [9.17, 15) is 14.4 Å². The van der Waals surface area contributed by atoms with Gasteiger partial charge >= 0.3 is 0 Å². The van der Waals surface area contributed by atoms with Crippen molar-refractivity contribution in [2.75, 3.05) is 38.4 Å². The minimum atomic E-state index is -0.410. The highest BCUT2D eigenvalue weighted by atomic mass is 16.5. The SMILES string of the molecule is COCCNC(=O)c1coc(CN2C(=O)COc3ccc(C(=O)COc4ccc(C)cc4C)cc32)n1. The molecule has 10 nitrogen and oxygen atoms in total. The van der Waals surface area contributed by atoms with E-state index in [-0.39, 0.29) is 43.0 Å². The number of aromatic nitrogens is 1. The zero-order chi connectivity index (χ0) is 25.7. The molecule has 188 valence electrons. The largest absolute Gasteiger partial charge is 0.485 e. The Kier molecular flexibility index (Phi) is 7.65. The Morgan fingerprint density at radius 1 is 1.17 bits per heavy atom. The molecule has 0 saturated heterocycles. The molecular weight excluding hydrogens is 466 g/mol. The summed E-state index contributed by atoms with van der Waals surface area (Å²) in [6.45, 7) is 4.26. The molecule has 0 saturated carbocycles. The van der Waals surface area contributed by atoms with Crippen LogP contribution in [0.3, 0.4) is 0 Å². The number of anilines is 1. The van der Waals surface area contributed by atoms with Gasteiger partial charge in [-0.2, -0.15) is 0 Å². The summed E-state index contributed by atoms with van der Waals surface area (Å²) in [5.41, 5.74) is 2.92. The first-order chi connectivity index (χ1) is 17.4. The van der Waals surface area contributed by atoms with E-state index in [0.717, 1.165) is 11.1 Å². The second-order valence-electron chi connectivity index (χ2n) is 8.31. The molecular formula is C26H27N3O7. The van der Waals surface area contributed by atoms with Crippen LogP contribution in [0.5, 0.6) is 11.5 Å². The number of benzene rings is 2. The molecule has 0 aliphatic carbocycles. The summed E-state index contributed by atoms with van der Waals surface area (Å²) in [6.07, 6.45) is 1.23. The lowest BCUT2D eigenvalue weighted by molar-refractivity contribution is -0.121. The first kappa shape index (κ1) is 24.9. The van der Waals surface area contributed by atoms with Gasteiger partial charge in [0.05, 0.1) is 12.3 Å². The topological polar surface area (TPSA) is 120 Å². The van der Waals surface area contributed by atoms with Crippen molar-refractivity contribution in [2.45, 2.75) is 20.4 Å². The molecule has 10 heteroatoms. The van der Waals surface area contributed by atoms with Crippen LogP contribution in [0.2, 0.25) is 0 Å². The van der Waals surface area contributed by atoms with E-state index in [4.69, 9.17) is 18.6 Å². The molecule has 0 fully saturated rings. The van der Waals surface area contributed by atoms with Crippen molar-refractivity contribution in [3.8, 4) is 11.5 Å². The van der Waals surface area contributed by atoms with E-state index in [1.165, 1.54) is 18.3 Å².